The molecule has 110 valence electrons. The van der Waals surface area contributed by atoms with Crippen molar-refractivity contribution >= 4 is 17.6 Å². The fraction of sp³-hybridized carbons (Fsp3) is 0.467. The number of rotatable bonds is 6. The molecule has 0 aliphatic carbocycles. The number of nitrogens with zero attached hydrogens (tertiary/aromatic N) is 1. The normalized spacial score (nSPS) is 11.2. The second-order valence-electron chi connectivity index (χ2n) is 5.64. The van der Waals surface area contributed by atoms with E-state index < -0.39 is 5.97 Å². The minimum atomic E-state index is -1.02. The van der Waals surface area contributed by atoms with Gasteiger partial charge < -0.3 is 15.3 Å². The Bertz CT molecular complexity index is 452. The van der Waals surface area contributed by atoms with Crippen LogP contribution in [0.3, 0.4) is 0 Å². The minimum absolute atomic E-state index is 0.0648. The number of carbonyl (C=O) groups excluding carboxylic acids is 1. The van der Waals surface area contributed by atoms with E-state index in [0.29, 0.717) is 12.2 Å². The number of nitrogens with one attached hydrogen (secondary N) is 1. The number of hydrogen-bond acceptors (Lipinski definition) is 3. The van der Waals surface area contributed by atoms with Crippen LogP contribution in [0.4, 0.5) is 5.69 Å². The Balaban J connectivity index is 2.69. The Hall–Kier alpha value is -1.88. The first-order valence-corrected chi connectivity index (χ1v) is 6.62. The van der Waals surface area contributed by atoms with E-state index in [1.807, 2.05) is 26.8 Å². The molecule has 0 aliphatic heterocycles. The van der Waals surface area contributed by atoms with E-state index in [-0.39, 0.29) is 24.4 Å². The largest absolute Gasteiger partial charge is 0.480 e. The van der Waals surface area contributed by atoms with Crippen molar-refractivity contribution in [2.75, 3.05) is 18.0 Å². The molecule has 1 aromatic carbocycles. The summed E-state index contributed by atoms with van der Waals surface area (Å²) in [5.41, 5.74) is 0.542. The summed E-state index contributed by atoms with van der Waals surface area (Å²) in [4.78, 5) is 24.4. The summed E-state index contributed by atoms with van der Waals surface area (Å²) in [7, 11) is 0. The smallest absolute Gasteiger partial charge is 0.323 e. The van der Waals surface area contributed by atoms with Crippen LogP contribution in [-0.4, -0.2) is 35.6 Å². The zero-order valence-corrected chi connectivity index (χ0v) is 12.2. The first kappa shape index (κ1) is 16.2. The maximum absolute atomic E-state index is 12.2. The van der Waals surface area contributed by atoms with Crippen LogP contribution in [0.1, 0.15) is 27.2 Å². The highest BCUT2D eigenvalue weighted by molar-refractivity contribution is 5.97. The molecule has 0 saturated heterocycles. The molecule has 1 rings (SSSR count). The summed E-state index contributed by atoms with van der Waals surface area (Å²) in [6, 6.07) is 8.86. The first-order chi connectivity index (χ1) is 9.29. The summed E-state index contributed by atoms with van der Waals surface area (Å²) in [5, 5.41) is 12.2. The Morgan fingerprint density at radius 2 is 1.80 bits per heavy atom. The van der Waals surface area contributed by atoms with Crippen LogP contribution in [0.15, 0.2) is 30.3 Å². The predicted molar refractivity (Wildman–Crippen MR) is 78.8 cm³/mol. The Kier molecular flexibility index (Phi) is 5.70. The molecule has 0 aliphatic rings. The fourth-order valence-corrected chi connectivity index (χ4v) is 1.75. The van der Waals surface area contributed by atoms with E-state index in [4.69, 9.17) is 5.11 Å². The summed E-state index contributed by atoms with van der Waals surface area (Å²) < 4.78 is 0. The van der Waals surface area contributed by atoms with Crippen molar-refractivity contribution in [2.24, 2.45) is 0 Å². The maximum Gasteiger partial charge on any atom is 0.323 e. The highest BCUT2D eigenvalue weighted by atomic mass is 16.4. The quantitative estimate of drug-likeness (QED) is 0.833. The molecule has 0 aromatic heterocycles. The number of carboxylic acid groups (broad SMARTS) is 1. The van der Waals surface area contributed by atoms with E-state index in [9.17, 15) is 9.59 Å². The van der Waals surface area contributed by atoms with Crippen molar-refractivity contribution in [1.82, 2.24) is 5.32 Å². The van der Waals surface area contributed by atoms with Crippen LogP contribution in [0.5, 0.6) is 0 Å². The average Bonchev–Trinajstić information content (AvgIpc) is 2.35. The van der Waals surface area contributed by atoms with Crippen LogP contribution >= 0.6 is 0 Å². The topological polar surface area (TPSA) is 69.6 Å². The zero-order chi connectivity index (χ0) is 15.2. The lowest BCUT2D eigenvalue weighted by Crippen LogP contribution is -2.41. The highest BCUT2D eigenvalue weighted by Crippen LogP contribution is 2.14. The number of para-hydroxylation sites is 1. The second-order valence-corrected chi connectivity index (χ2v) is 5.64. The molecule has 0 heterocycles. The van der Waals surface area contributed by atoms with Crippen molar-refractivity contribution < 1.29 is 14.7 Å². The lowest BCUT2D eigenvalue weighted by Gasteiger charge is -2.23. The first-order valence-electron chi connectivity index (χ1n) is 6.62. The van der Waals surface area contributed by atoms with Crippen molar-refractivity contribution in [1.29, 1.82) is 0 Å². The van der Waals surface area contributed by atoms with Gasteiger partial charge in [-0.1, -0.05) is 18.2 Å². The van der Waals surface area contributed by atoms with E-state index in [1.54, 1.807) is 24.3 Å². The third-order valence-corrected chi connectivity index (χ3v) is 2.66. The molecule has 2 N–H and O–H groups in total. The molecule has 1 aromatic rings. The van der Waals surface area contributed by atoms with E-state index in [1.165, 1.54) is 4.90 Å². The van der Waals surface area contributed by atoms with Crippen molar-refractivity contribution in [2.45, 2.75) is 32.7 Å². The third kappa shape index (κ3) is 5.84. The number of anilines is 1. The average molecular weight is 278 g/mol. The Labute approximate surface area is 119 Å². The molecule has 1 amide bonds. The van der Waals surface area contributed by atoms with Gasteiger partial charge in [0.15, 0.2) is 0 Å². The van der Waals surface area contributed by atoms with Crippen molar-refractivity contribution in [3.63, 3.8) is 0 Å². The number of carboxylic acids is 1. The van der Waals surface area contributed by atoms with Gasteiger partial charge in [0.1, 0.15) is 6.54 Å². The number of carbonyl (C=O) groups is 2. The molecule has 0 atom stereocenters. The van der Waals surface area contributed by atoms with Gasteiger partial charge in [-0.3, -0.25) is 9.59 Å². The van der Waals surface area contributed by atoms with Gasteiger partial charge in [0.25, 0.3) is 0 Å². The minimum Gasteiger partial charge on any atom is -0.480 e. The third-order valence-electron chi connectivity index (χ3n) is 2.66. The number of aliphatic carboxylic acids is 1. The summed E-state index contributed by atoms with van der Waals surface area (Å²) in [5.74, 6) is -1.22. The molecule has 0 unspecified atom stereocenters. The van der Waals surface area contributed by atoms with Gasteiger partial charge in [0.05, 0.1) is 0 Å². The number of hydrogen-bond donors (Lipinski definition) is 2. The summed E-state index contributed by atoms with van der Waals surface area (Å²) >= 11 is 0. The van der Waals surface area contributed by atoms with Crippen LogP contribution in [0, 0.1) is 0 Å². The van der Waals surface area contributed by atoms with E-state index in [0.717, 1.165) is 0 Å². The molecule has 5 nitrogen and oxygen atoms in total. The highest BCUT2D eigenvalue weighted by Gasteiger charge is 2.19. The van der Waals surface area contributed by atoms with Crippen molar-refractivity contribution in [3.05, 3.63) is 30.3 Å². The molecule has 5 heteroatoms. The zero-order valence-electron chi connectivity index (χ0n) is 12.2. The SMILES string of the molecule is CC(C)(C)NCCC(=O)N(CC(=O)O)c1ccccc1. The van der Waals surface area contributed by atoms with Gasteiger partial charge in [-0.25, -0.2) is 0 Å². The van der Waals surface area contributed by atoms with Crippen LogP contribution < -0.4 is 10.2 Å². The monoisotopic (exact) mass is 278 g/mol. The van der Waals surface area contributed by atoms with Gasteiger partial charge in [-0.05, 0) is 32.9 Å². The molecule has 0 bridgehead atoms. The lowest BCUT2D eigenvalue weighted by molar-refractivity contribution is -0.136. The van der Waals surface area contributed by atoms with Gasteiger partial charge in [-0.15, -0.1) is 0 Å². The molecule has 0 radical (unpaired) electrons. The van der Waals surface area contributed by atoms with Gasteiger partial charge >= 0.3 is 5.97 Å². The number of benzene rings is 1. The Morgan fingerprint density at radius 1 is 1.20 bits per heavy atom. The standard InChI is InChI=1S/C15H22N2O3/c1-15(2,3)16-10-9-13(18)17(11-14(19)20)12-7-5-4-6-8-12/h4-8,16H,9-11H2,1-3H3,(H,19,20). The molecule has 20 heavy (non-hydrogen) atoms. The van der Waals surface area contributed by atoms with Crippen molar-refractivity contribution in [3.8, 4) is 0 Å². The number of amides is 1. The molecular weight excluding hydrogens is 256 g/mol. The van der Waals surface area contributed by atoms with Gasteiger partial charge in [0, 0.05) is 24.2 Å². The second kappa shape index (κ2) is 7.05. The molecule has 0 fully saturated rings. The van der Waals surface area contributed by atoms with Crippen LogP contribution in [-0.2, 0) is 9.59 Å². The van der Waals surface area contributed by atoms with E-state index in [2.05, 4.69) is 5.32 Å². The van der Waals surface area contributed by atoms with Crippen LogP contribution in [0.25, 0.3) is 0 Å². The molecule has 0 saturated carbocycles. The predicted octanol–water partition coefficient (Wildman–Crippen LogP) is 1.88. The summed E-state index contributed by atoms with van der Waals surface area (Å²) in [6.45, 7) is 6.25. The van der Waals surface area contributed by atoms with Gasteiger partial charge in [-0.2, -0.15) is 0 Å². The Morgan fingerprint density at radius 3 is 2.30 bits per heavy atom. The lowest BCUT2D eigenvalue weighted by atomic mass is 10.1. The van der Waals surface area contributed by atoms with Crippen LogP contribution in [0.2, 0.25) is 0 Å². The van der Waals surface area contributed by atoms with Gasteiger partial charge in [0.2, 0.25) is 5.91 Å². The van der Waals surface area contributed by atoms with E-state index >= 15 is 0 Å². The maximum atomic E-state index is 12.2. The molecule has 0 spiro atoms. The molecular formula is C15H22N2O3. The fourth-order valence-electron chi connectivity index (χ4n) is 1.75. The summed E-state index contributed by atoms with van der Waals surface area (Å²) in [6.07, 6.45) is 0.263.